The molecule has 0 aliphatic carbocycles. The lowest BCUT2D eigenvalue weighted by atomic mass is 10.0. The number of nitrogen functional groups attached to an aromatic ring is 1. The van der Waals surface area contributed by atoms with Crippen LogP contribution in [0.25, 0.3) is 0 Å². The quantitative estimate of drug-likeness (QED) is 0.881. The van der Waals surface area contributed by atoms with Gasteiger partial charge in [0, 0.05) is 38.4 Å². The molecule has 2 fully saturated rings. The van der Waals surface area contributed by atoms with E-state index in [4.69, 9.17) is 10.5 Å². The molecule has 3 rings (SSSR count). The minimum atomic E-state index is 0.337. The van der Waals surface area contributed by atoms with Gasteiger partial charge in [-0.3, -0.25) is 4.90 Å². The molecule has 116 valence electrons. The molecule has 6 nitrogen and oxygen atoms in total. The molecule has 2 aliphatic rings. The molecule has 0 amide bonds. The van der Waals surface area contributed by atoms with Crippen LogP contribution in [0.4, 0.5) is 11.8 Å². The van der Waals surface area contributed by atoms with Crippen LogP contribution in [0.15, 0.2) is 12.3 Å². The third-order valence-electron chi connectivity index (χ3n) is 4.38. The molecule has 1 aromatic rings. The van der Waals surface area contributed by atoms with Gasteiger partial charge in [0.2, 0.25) is 5.95 Å². The van der Waals surface area contributed by atoms with Gasteiger partial charge in [-0.05, 0) is 32.8 Å². The first-order chi connectivity index (χ1) is 10.1. The molecule has 0 spiro atoms. The van der Waals surface area contributed by atoms with Gasteiger partial charge in [-0.2, -0.15) is 4.98 Å². The van der Waals surface area contributed by atoms with Gasteiger partial charge >= 0.3 is 0 Å². The van der Waals surface area contributed by atoms with Crippen molar-refractivity contribution in [3.63, 3.8) is 0 Å². The van der Waals surface area contributed by atoms with Gasteiger partial charge < -0.3 is 15.4 Å². The number of nitrogens with two attached hydrogens (primary N) is 1. The van der Waals surface area contributed by atoms with Gasteiger partial charge in [-0.15, -0.1) is 0 Å². The predicted octanol–water partition coefficient (Wildman–Crippen LogP) is 1.14. The Hall–Kier alpha value is -1.40. The minimum Gasteiger partial charge on any atom is -0.384 e. The zero-order valence-electron chi connectivity index (χ0n) is 12.9. The van der Waals surface area contributed by atoms with E-state index in [2.05, 4.69) is 33.6 Å². The molecular weight excluding hydrogens is 266 g/mol. The SMILES string of the molecule is C[C@@H]1CN(C2CCN(c3nccc(N)n3)CC2)C[C@H](C)O1. The molecule has 2 N–H and O–H groups in total. The zero-order chi connectivity index (χ0) is 14.8. The van der Waals surface area contributed by atoms with E-state index in [-0.39, 0.29) is 0 Å². The van der Waals surface area contributed by atoms with Crippen LogP contribution in [0.3, 0.4) is 0 Å². The van der Waals surface area contributed by atoms with Crippen molar-refractivity contribution < 1.29 is 4.74 Å². The Morgan fingerprint density at radius 2 is 1.86 bits per heavy atom. The fourth-order valence-corrected chi connectivity index (χ4v) is 3.46. The van der Waals surface area contributed by atoms with Crippen LogP contribution in [0.2, 0.25) is 0 Å². The molecule has 0 radical (unpaired) electrons. The molecule has 2 saturated heterocycles. The second-order valence-corrected chi connectivity index (χ2v) is 6.21. The smallest absolute Gasteiger partial charge is 0.227 e. The molecule has 0 aromatic carbocycles. The molecule has 1 aromatic heterocycles. The maximum Gasteiger partial charge on any atom is 0.227 e. The first kappa shape index (κ1) is 14.5. The molecular formula is C15H25N5O. The number of morpholine rings is 1. The number of ether oxygens (including phenoxy) is 1. The topological polar surface area (TPSA) is 67.5 Å². The Bertz CT molecular complexity index is 465. The molecule has 2 aliphatic heterocycles. The Kier molecular flexibility index (Phi) is 4.26. The van der Waals surface area contributed by atoms with Crippen LogP contribution in [0, 0.1) is 0 Å². The first-order valence-corrected chi connectivity index (χ1v) is 7.85. The normalized spacial score (nSPS) is 28.8. The summed E-state index contributed by atoms with van der Waals surface area (Å²) in [4.78, 5) is 13.5. The molecule has 3 heterocycles. The fraction of sp³-hybridized carbons (Fsp3) is 0.733. The van der Waals surface area contributed by atoms with E-state index in [0.717, 1.165) is 45.0 Å². The Morgan fingerprint density at radius 1 is 1.19 bits per heavy atom. The molecule has 6 heteroatoms. The van der Waals surface area contributed by atoms with E-state index in [9.17, 15) is 0 Å². The van der Waals surface area contributed by atoms with Gasteiger partial charge in [-0.25, -0.2) is 4.98 Å². The second kappa shape index (κ2) is 6.15. The van der Waals surface area contributed by atoms with Crippen molar-refractivity contribution in [2.75, 3.05) is 36.8 Å². The largest absolute Gasteiger partial charge is 0.384 e. The average molecular weight is 291 g/mol. The van der Waals surface area contributed by atoms with Crippen LogP contribution in [-0.4, -0.2) is 59.3 Å². The fourth-order valence-electron chi connectivity index (χ4n) is 3.46. The van der Waals surface area contributed by atoms with Crippen molar-refractivity contribution in [1.29, 1.82) is 0 Å². The third kappa shape index (κ3) is 3.44. The summed E-state index contributed by atoms with van der Waals surface area (Å²) in [5.41, 5.74) is 5.74. The summed E-state index contributed by atoms with van der Waals surface area (Å²) < 4.78 is 5.82. The second-order valence-electron chi connectivity index (χ2n) is 6.21. The number of piperidine rings is 1. The molecule has 0 bridgehead atoms. The molecule has 21 heavy (non-hydrogen) atoms. The molecule has 0 unspecified atom stereocenters. The van der Waals surface area contributed by atoms with Crippen LogP contribution < -0.4 is 10.6 Å². The highest BCUT2D eigenvalue weighted by Gasteiger charge is 2.30. The Balaban J connectivity index is 1.57. The highest BCUT2D eigenvalue weighted by molar-refractivity contribution is 5.38. The van der Waals surface area contributed by atoms with E-state index in [1.54, 1.807) is 12.3 Å². The van der Waals surface area contributed by atoms with E-state index in [0.29, 0.717) is 24.1 Å². The maximum absolute atomic E-state index is 5.82. The lowest BCUT2D eigenvalue weighted by Crippen LogP contribution is -2.53. The van der Waals surface area contributed by atoms with Crippen LogP contribution in [-0.2, 0) is 4.74 Å². The summed E-state index contributed by atoms with van der Waals surface area (Å²) in [6.45, 7) is 8.41. The average Bonchev–Trinajstić information content (AvgIpc) is 2.46. The van der Waals surface area contributed by atoms with Gasteiger partial charge in [0.05, 0.1) is 12.2 Å². The van der Waals surface area contributed by atoms with Crippen molar-refractivity contribution in [1.82, 2.24) is 14.9 Å². The number of rotatable bonds is 2. The van der Waals surface area contributed by atoms with Gasteiger partial charge in [0.1, 0.15) is 5.82 Å². The van der Waals surface area contributed by atoms with Crippen molar-refractivity contribution >= 4 is 11.8 Å². The summed E-state index contributed by atoms with van der Waals surface area (Å²) in [5.74, 6) is 1.30. The van der Waals surface area contributed by atoms with Crippen molar-refractivity contribution in [2.24, 2.45) is 0 Å². The van der Waals surface area contributed by atoms with Crippen LogP contribution >= 0.6 is 0 Å². The lowest BCUT2D eigenvalue weighted by Gasteiger charge is -2.43. The summed E-state index contributed by atoms with van der Waals surface area (Å²) in [6, 6.07) is 2.38. The van der Waals surface area contributed by atoms with E-state index in [1.165, 1.54) is 0 Å². The summed E-state index contributed by atoms with van der Waals surface area (Å²) in [6.07, 6.45) is 4.71. The Morgan fingerprint density at radius 3 is 2.48 bits per heavy atom. The van der Waals surface area contributed by atoms with Gasteiger partial charge in [0.25, 0.3) is 0 Å². The monoisotopic (exact) mass is 291 g/mol. The number of nitrogens with zero attached hydrogens (tertiary/aromatic N) is 4. The maximum atomic E-state index is 5.82. The van der Waals surface area contributed by atoms with Crippen LogP contribution in [0.5, 0.6) is 0 Å². The first-order valence-electron chi connectivity index (χ1n) is 7.85. The van der Waals surface area contributed by atoms with E-state index < -0.39 is 0 Å². The minimum absolute atomic E-state index is 0.337. The zero-order valence-corrected chi connectivity index (χ0v) is 12.9. The van der Waals surface area contributed by atoms with Gasteiger partial charge in [0.15, 0.2) is 0 Å². The number of hydrogen-bond donors (Lipinski definition) is 1. The summed E-state index contributed by atoms with van der Waals surface area (Å²) in [7, 11) is 0. The summed E-state index contributed by atoms with van der Waals surface area (Å²) in [5, 5.41) is 0. The third-order valence-corrected chi connectivity index (χ3v) is 4.38. The number of aromatic nitrogens is 2. The lowest BCUT2D eigenvalue weighted by molar-refractivity contribution is -0.0826. The van der Waals surface area contributed by atoms with Crippen LogP contribution in [0.1, 0.15) is 26.7 Å². The number of hydrogen-bond acceptors (Lipinski definition) is 6. The van der Waals surface area contributed by atoms with Gasteiger partial charge in [-0.1, -0.05) is 0 Å². The molecule has 2 atom stereocenters. The standard InChI is InChI=1S/C15H25N5O/c1-11-9-20(10-12(2)21-11)13-4-7-19(8-5-13)15-17-6-3-14(16)18-15/h3,6,11-13H,4-5,7-10H2,1-2H3,(H2,16,17,18)/t11-,12+. The molecule has 0 saturated carbocycles. The van der Waals surface area contributed by atoms with E-state index >= 15 is 0 Å². The highest BCUT2D eigenvalue weighted by atomic mass is 16.5. The van der Waals surface area contributed by atoms with Crippen molar-refractivity contribution in [3.05, 3.63) is 12.3 Å². The number of anilines is 2. The van der Waals surface area contributed by atoms with Crippen molar-refractivity contribution in [3.8, 4) is 0 Å². The Labute approximate surface area is 126 Å². The van der Waals surface area contributed by atoms with Crippen molar-refractivity contribution in [2.45, 2.75) is 44.9 Å². The summed E-state index contributed by atoms with van der Waals surface area (Å²) >= 11 is 0. The predicted molar refractivity (Wildman–Crippen MR) is 83.3 cm³/mol. The highest BCUT2D eigenvalue weighted by Crippen LogP contribution is 2.23. The van der Waals surface area contributed by atoms with E-state index in [1.807, 2.05) is 0 Å².